The van der Waals surface area contributed by atoms with Gasteiger partial charge in [-0.15, -0.1) is 0 Å². The zero-order valence-corrected chi connectivity index (χ0v) is 7.56. The number of aliphatic carboxylic acids is 2. The summed E-state index contributed by atoms with van der Waals surface area (Å²) >= 11 is 0. The summed E-state index contributed by atoms with van der Waals surface area (Å²) in [5, 5.41) is 17.7. The molecule has 1 aliphatic carbocycles. The summed E-state index contributed by atoms with van der Waals surface area (Å²) in [6, 6.07) is 0. The van der Waals surface area contributed by atoms with E-state index in [1.54, 1.807) is 0 Å². The minimum absolute atomic E-state index is 0. The topological polar surface area (TPSA) is 74.6 Å². The van der Waals surface area contributed by atoms with Crippen LogP contribution in [0.2, 0.25) is 0 Å². The molecule has 0 aromatic rings. The second kappa shape index (κ2) is 7.42. The Morgan fingerprint density at radius 2 is 1.60 bits per heavy atom. The molecule has 0 spiro atoms. The monoisotopic (exact) mass is 202 g/mol. The molecule has 0 heterocycles. The summed E-state index contributed by atoms with van der Waals surface area (Å²) in [5.41, 5.74) is 0. The number of hydrogen-bond acceptors (Lipinski definition) is 2. The molecule has 78 valence electrons. The van der Waals surface area contributed by atoms with Gasteiger partial charge in [0, 0.05) is 0 Å². The van der Waals surface area contributed by atoms with Crippen LogP contribution in [0, 0.1) is 17.8 Å². The molecule has 0 amide bonds. The quantitative estimate of drug-likeness (QED) is 0.613. The average Bonchev–Trinajstić information content (AvgIpc) is 2.02. The average molecular weight is 202 g/mol. The molecule has 6 heteroatoms. The Hall–Kier alpha value is 0.135. The van der Waals surface area contributed by atoms with E-state index in [9.17, 15) is 9.59 Å². The Labute approximate surface area is 113 Å². The zero-order valence-electron chi connectivity index (χ0n) is 7.56. The summed E-state index contributed by atoms with van der Waals surface area (Å²) in [4.78, 5) is 21.6. The van der Waals surface area contributed by atoms with Gasteiger partial charge in [-0.3, -0.25) is 9.59 Å². The Bertz CT molecular complexity index is 232. The van der Waals surface area contributed by atoms with Gasteiger partial charge in [0.05, 0.1) is 11.8 Å². The third-order valence-electron chi connectivity index (χ3n) is 2.82. The maximum absolute atomic E-state index is 10.8. The molecule has 2 N–H and O–H groups in total. The molecule has 1 saturated carbocycles. The molecule has 3 unspecified atom stereocenters. The molecule has 0 aromatic heterocycles. The van der Waals surface area contributed by atoms with Gasteiger partial charge in [-0.25, -0.2) is 0 Å². The molecular weight excluding hydrogens is 186 g/mol. The first kappa shape index (κ1) is 17.5. The fourth-order valence-corrected chi connectivity index (χ4v) is 2.11. The van der Waals surface area contributed by atoms with E-state index in [1.165, 1.54) is 0 Å². The van der Waals surface area contributed by atoms with Crippen LogP contribution in [0.4, 0.5) is 0 Å². The number of carbonyl (C=O) groups is 2. The molecule has 0 aromatic carbocycles. The first-order valence-electron chi connectivity index (χ1n) is 4.49. The number of hydrogen-bond donors (Lipinski definition) is 2. The van der Waals surface area contributed by atoms with Crippen LogP contribution in [0.15, 0.2) is 0 Å². The predicted molar refractivity (Wildman–Crippen MR) is 59.6 cm³/mol. The minimum atomic E-state index is -0.973. The molecular formula is C9H16Li2O4. The van der Waals surface area contributed by atoms with Crippen LogP contribution in [0.25, 0.3) is 0 Å². The van der Waals surface area contributed by atoms with Crippen molar-refractivity contribution in [2.24, 2.45) is 17.8 Å². The van der Waals surface area contributed by atoms with E-state index >= 15 is 0 Å². The second-order valence-corrected chi connectivity index (χ2v) is 3.72. The molecule has 0 saturated heterocycles. The first-order chi connectivity index (χ1) is 6.04. The third kappa shape index (κ3) is 4.25. The van der Waals surface area contributed by atoms with Crippen LogP contribution in [0.1, 0.15) is 26.2 Å². The molecule has 0 aliphatic heterocycles. The van der Waals surface area contributed by atoms with Crippen molar-refractivity contribution in [2.75, 3.05) is 0 Å². The summed E-state index contributed by atoms with van der Waals surface area (Å²) in [5.74, 6) is -3.36. The van der Waals surface area contributed by atoms with E-state index in [0.29, 0.717) is 6.42 Å². The molecule has 0 bridgehead atoms. The summed E-state index contributed by atoms with van der Waals surface area (Å²) in [7, 11) is 0. The van der Waals surface area contributed by atoms with Crippen LogP contribution < -0.4 is 0 Å². The van der Waals surface area contributed by atoms with Crippen LogP contribution >= 0.6 is 0 Å². The Morgan fingerprint density at radius 1 is 1.07 bits per heavy atom. The van der Waals surface area contributed by atoms with Crippen molar-refractivity contribution in [3.05, 3.63) is 0 Å². The second-order valence-electron chi connectivity index (χ2n) is 3.72. The molecule has 4 nitrogen and oxygen atoms in total. The molecule has 1 fully saturated rings. The van der Waals surface area contributed by atoms with Crippen molar-refractivity contribution < 1.29 is 19.8 Å². The van der Waals surface area contributed by atoms with E-state index in [0.717, 1.165) is 12.8 Å². The van der Waals surface area contributed by atoms with Crippen molar-refractivity contribution in [3.63, 3.8) is 0 Å². The number of rotatable bonds is 2. The fourth-order valence-electron chi connectivity index (χ4n) is 2.11. The van der Waals surface area contributed by atoms with Crippen LogP contribution in [-0.2, 0) is 9.59 Å². The Kier molecular flexibility index (Phi) is 8.66. The van der Waals surface area contributed by atoms with Crippen molar-refractivity contribution in [3.8, 4) is 0 Å². The maximum atomic E-state index is 10.8. The zero-order chi connectivity index (χ0) is 10.0. The van der Waals surface area contributed by atoms with Gasteiger partial charge in [-0.2, -0.15) is 0 Å². The van der Waals surface area contributed by atoms with E-state index in [2.05, 4.69) is 0 Å². The normalized spacial score (nSPS) is 29.5. The SMILES string of the molecule is CC1CCCC(C(=O)O)C1C(=O)O.[LiH].[LiH]. The molecule has 0 radical (unpaired) electrons. The van der Waals surface area contributed by atoms with Crippen molar-refractivity contribution in [1.29, 1.82) is 0 Å². The molecule has 15 heavy (non-hydrogen) atoms. The standard InChI is InChI=1S/C9H14O4.2Li.2H/c1-5-3-2-4-6(8(10)11)7(5)9(12)13;;;;/h5-7H,2-4H2,1H3,(H,10,11)(H,12,13);;;;. The fraction of sp³-hybridized carbons (Fsp3) is 0.778. The molecule has 3 atom stereocenters. The van der Waals surface area contributed by atoms with Gasteiger partial charge in [-0.1, -0.05) is 13.3 Å². The Balaban J connectivity index is 0. The Morgan fingerprint density at radius 3 is 1.93 bits per heavy atom. The third-order valence-corrected chi connectivity index (χ3v) is 2.82. The van der Waals surface area contributed by atoms with E-state index in [-0.39, 0.29) is 43.6 Å². The van der Waals surface area contributed by atoms with Gasteiger partial charge in [0.2, 0.25) is 0 Å². The molecule has 1 rings (SSSR count). The van der Waals surface area contributed by atoms with Gasteiger partial charge in [0.25, 0.3) is 0 Å². The summed E-state index contributed by atoms with van der Waals surface area (Å²) < 4.78 is 0. The van der Waals surface area contributed by atoms with E-state index in [4.69, 9.17) is 10.2 Å². The van der Waals surface area contributed by atoms with E-state index < -0.39 is 23.8 Å². The van der Waals surface area contributed by atoms with Crippen LogP contribution in [-0.4, -0.2) is 59.9 Å². The summed E-state index contributed by atoms with van der Waals surface area (Å²) in [6.45, 7) is 1.81. The predicted octanol–water partition coefficient (Wildman–Crippen LogP) is -0.0890. The van der Waals surface area contributed by atoms with Gasteiger partial charge in [0.15, 0.2) is 0 Å². The first-order valence-corrected chi connectivity index (χ1v) is 4.49. The van der Waals surface area contributed by atoms with Crippen molar-refractivity contribution >= 4 is 49.7 Å². The van der Waals surface area contributed by atoms with Gasteiger partial charge < -0.3 is 10.2 Å². The van der Waals surface area contributed by atoms with Gasteiger partial charge in [-0.05, 0) is 18.8 Å². The number of carboxylic acids is 2. The van der Waals surface area contributed by atoms with Gasteiger partial charge >= 0.3 is 49.7 Å². The molecule has 1 aliphatic rings. The van der Waals surface area contributed by atoms with Crippen molar-refractivity contribution in [2.45, 2.75) is 26.2 Å². The van der Waals surface area contributed by atoms with Crippen LogP contribution in [0.3, 0.4) is 0 Å². The number of carboxylic acid groups (broad SMARTS) is 2. The van der Waals surface area contributed by atoms with Gasteiger partial charge in [0.1, 0.15) is 0 Å². The summed E-state index contributed by atoms with van der Waals surface area (Å²) in [6.07, 6.45) is 2.14. The van der Waals surface area contributed by atoms with Crippen molar-refractivity contribution in [1.82, 2.24) is 0 Å². The van der Waals surface area contributed by atoms with E-state index in [1.807, 2.05) is 6.92 Å². The van der Waals surface area contributed by atoms with Crippen LogP contribution in [0.5, 0.6) is 0 Å².